The zero-order chi connectivity index (χ0) is 21.0. The molecule has 0 aromatic rings. The molecule has 0 unspecified atom stereocenters. The van der Waals surface area contributed by atoms with Gasteiger partial charge in [-0.25, -0.2) is 0 Å². The molecule has 9 nitrogen and oxygen atoms in total. The number of rotatable bonds is 9. The largest absolute Gasteiger partial charge is 0.252 e. The van der Waals surface area contributed by atoms with Gasteiger partial charge in [-0.05, 0) is 98.7 Å². The van der Waals surface area contributed by atoms with Gasteiger partial charge in [0.05, 0.1) is 0 Å². The Morgan fingerprint density at radius 2 is 0.615 bits per heavy atom. The maximum absolute atomic E-state index is 5.40. The van der Waals surface area contributed by atoms with E-state index in [1.165, 1.54) is 0 Å². The van der Waals surface area contributed by atoms with Crippen LogP contribution in [0.25, 0.3) is 0 Å². The Balaban J connectivity index is 6.90. The molecule has 0 aromatic carbocycles. The molecule has 0 atom stereocenters. The van der Waals surface area contributed by atoms with Crippen LogP contribution in [0.15, 0.2) is 9.03 Å². The molecule has 0 N–H and O–H groups in total. The molecule has 0 aliphatic rings. The zero-order valence-corrected chi connectivity index (χ0v) is 22.0. The van der Waals surface area contributed by atoms with E-state index in [1.54, 1.807) is 0 Å². The summed E-state index contributed by atoms with van der Waals surface area (Å²) in [6.07, 6.45) is 0. The minimum atomic E-state index is -2.02. The van der Waals surface area contributed by atoms with Gasteiger partial charge in [-0.3, -0.25) is 32.7 Å². The molecule has 0 aromatic heterocycles. The highest BCUT2D eigenvalue weighted by atomic mass is 31.2. The highest BCUT2D eigenvalue weighted by Crippen LogP contribution is 2.68. The molecule has 0 aliphatic carbocycles. The minimum Gasteiger partial charge on any atom is -0.252 e. The van der Waals surface area contributed by atoms with E-state index in [0.717, 1.165) is 0 Å². The molecule has 0 bridgehead atoms. The molecule has 26 heavy (non-hydrogen) atoms. The van der Waals surface area contributed by atoms with Crippen molar-refractivity contribution in [2.45, 2.75) is 0 Å². The Kier molecular flexibility index (Phi) is 10.6. The first-order valence-corrected chi connectivity index (χ1v) is 12.9. The highest BCUT2D eigenvalue weighted by molar-refractivity contribution is 7.72. The first-order chi connectivity index (χ1) is 11.7. The predicted octanol–water partition coefficient (Wildman–Crippen LogP) is 3.04. The lowest BCUT2D eigenvalue weighted by Gasteiger charge is -2.44. The van der Waals surface area contributed by atoms with Gasteiger partial charge in [0.15, 0.2) is 15.0 Å². The summed E-state index contributed by atoms with van der Waals surface area (Å²) in [7, 11) is 24.3. The molecule has 158 valence electrons. The van der Waals surface area contributed by atoms with E-state index < -0.39 is 23.4 Å². The second-order valence-corrected chi connectivity index (χ2v) is 17.2. The number of hydrogen-bond donors (Lipinski definition) is 0. The van der Waals surface area contributed by atoms with Crippen molar-refractivity contribution >= 4 is 23.4 Å². The highest BCUT2D eigenvalue weighted by Gasteiger charge is 2.34. The number of hydrogen-bond acceptors (Lipinski definition) is 3. The Labute approximate surface area is 164 Å². The summed E-state index contributed by atoms with van der Waals surface area (Å²) in [4.78, 5) is 0. The fraction of sp³-hybridized carbons (Fsp3) is 1.00. The van der Waals surface area contributed by atoms with Crippen LogP contribution in [0.5, 0.6) is 0 Å². The third kappa shape index (κ3) is 5.36. The second kappa shape index (κ2) is 10.4. The lowest BCUT2D eigenvalue weighted by molar-refractivity contribution is 0.473. The first-order valence-electron chi connectivity index (χ1n) is 8.46. The van der Waals surface area contributed by atoms with Crippen molar-refractivity contribution in [3.05, 3.63) is 0 Å². The molecule has 0 radical (unpaired) electrons. The smallest absolute Gasteiger partial charge is 0.222 e. The summed E-state index contributed by atoms with van der Waals surface area (Å²) in [5, 5.41) is 0. The molecule has 0 saturated heterocycles. The molecule has 0 aliphatic heterocycles. The van der Waals surface area contributed by atoms with Crippen molar-refractivity contribution in [3.63, 3.8) is 0 Å². The minimum absolute atomic E-state index is 1.06. The molecule has 0 heterocycles. The van der Waals surface area contributed by atoms with Gasteiger partial charge < -0.3 is 0 Å². The quantitative estimate of drug-likeness (QED) is 0.522. The van der Waals surface area contributed by atoms with E-state index in [0.29, 0.717) is 0 Å². The third-order valence-corrected chi connectivity index (χ3v) is 14.3. The normalized spacial score (nSPS) is 14.2. The maximum atomic E-state index is 5.40. The molecular formula is C14H42N9P3. The van der Waals surface area contributed by atoms with Crippen LogP contribution >= 0.6 is 23.4 Å². The SMILES string of the molecule is CN(C)P(N=P(N(C)C)(N(C)C)N(C)C)N=P(N(C)C)(N(C)C)N(C)C. The zero-order valence-electron chi connectivity index (χ0n) is 19.4. The van der Waals surface area contributed by atoms with Crippen molar-refractivity contribution in [2.24, 2.45) is 9.03 Å². The Morgan fingerprint density at radius 1 is 0.423 bits per heavy atom. The van der Waals surface area contributed by atoms with Gasteiger partial charge >= 0.3 is 0 Å². The van der Waals surface area contributed by atoms with Gasteiger partial charge in [-0.2, -0.15) is 9.03 Å². The predicted molar refractivity (Wildman–Crippen MR) is 121 cm³/mol. The summed E-state index contributed by atoms with van der Waals surface area (Å²) >= 11 is 0. The van der Waals surface area contributed by atoms with E-state index in [4.69, 9.17) is 9.03 Å². The second-order valence-electron chi connectivity index (χ2n) is 7.45. The van der Waals surface area contributed by atoms with Crippen molar-refractivity contribution in [2.75, 3.05) is 98.7 Å². The molecule has 0 fully saturated rings. The van der Waals surface area contributed by atoms with Crippen LogP contribution in [0.1, 0.15) is 0 Å². The summed E-state index contributed by atoms with van der Waals surface area (Å²) < 4.78 is 26.4. The average Bonchev–Trinajstić information content (AvgIpc) is 2.44. The first kappa shape index (κ1) is 26.6. The summed E-state index contributed by atoms with van der Waals surface area (Å²) in [6, 6.07) is 0. The molecule has 12 heteroatoms. The van der Waals surface area contributed by atoms with E-state index in [2.05, 4.69) is 131 Å². The van der Waals surface area contributed by atoms with Crippen LogP contribution < -0.4 is 0 Å². The molecule has 0 rings (SSSR count). The van der Waals surface area contributed by atoms with E-state index in [1.807, 2.05) is 0 Å². The van der Waals surface area contributed by atoms with E-state index >= 15 is 0 Å². The van der Waals surface area contributed by atoms with E-state index in [9.17, 15) is 0 Å². The van der Waals surface area contributed by atoms with Gasteiger partial charge in [0.2, 0.25) is 8.37 Å². The van der Waals surface area contributed by atoms with Crippen LogP contribution in [0, 0.1) is 0 Å². The van der Waals surface area contributed by atoms with Crippen molar-refractivity contribution in [1.29, 1.82) is 0 Å². The summed E-state index contributed by atoms with van der Waals surface area (Å²) in [5.74, 6) is 0. The number of nitrogens with zero attached hydrogens (tertiary/aromatic N) is 9. The summed E-state index contributed by atoms with van der Waals surface area (Å²) in [6.45, 7) is 0. The van der Waals surface area contributed by atoms with Crippen LogP contribution in [0.3, 0.4) is 0 Å². The lowest BCUT2D eigenvalue weighted by atomic mass is 11.2. The van der Waals surface area contributed by atoms with E-state index in [-0.39, 0.29) is 0 Å². The monoisotopic (exact) mass is 429 g/mol. The molecule has 0 spiro atoms. The Hall–Kier alpha value is 0.610. The topological polar surface area (TPSA) is 47.4 Å². The van der Waals surface area contributed by atoms with Gasteiger partial charge in [-0.1, -0.05) is 0 Å². The Morgan fingerprint density at radius 3 is 0.731 bits per heavy atom. The fourth-order valence-electron chi connectivity index (χ4n) is 3.02. The third-order valence-electron chi connectivity index (χ3n) is 3.98. The standard InChI is InChI=1S/C14H42N9P3/c1-17(2)24(15-25(18(3)4,19(5)6)20(7)8)16-26(21(9)10,22(11)12)23(13)14/h1-14H3. The van der Waals surface area contributed by atoms with Gasteiger partial charge in [0, 0.05) is 0 Å². The van der Waals surface area contributed by atoms with Gasteiger partial charge in [0.25, 0.3) is 0 Å². The summed E-state index contributed by atoms with van der Waals surface area (Å²) in [5.41, 5.74) is 0. The van der Waals surface area contributed by atoms with Crippen LogP contribution in [0.4, 0.5) is 0 Å². The van der Waals surface area contributed by atoms with Crippen LogP contribution in [-0.2, 0) is 0 Å². The Bertz CT molecular complexity index is 441. The van der Waals surface area contributed by atoms with Gasteiger partial charge in [-0.15, -0.1) is 0 Å². The molecule has 0 amide bonds. The van der Waals surface area contributed by atoms with Crippen molar-refractivity contribution in [3.8, 4) is 0 Å². The average molecular weight is 429 g/mol. The maximum Gasteiger partial charge on any atom is 0.222 e. The fourth-order valence-corrected chi connectivity index (χ4v) is 14.6. The van der Waals surface area contributed by atoms with Crippen molar-refractivity contribution < 1.29 is 0 Å². The molecule has 0 saturated carbocycles. The van der Waals surface area contributed by atoms with Crippen molar-refractivity contribution in [1.82, 2.24) is 32.7 Å². The molecular weight excluding hydrogens is 387 g/mol. The lowest BCUT2D eigenvalue weighted by Crippen LogP contribution is -2.31. The van der Waals surface area contributed by atoms with Gasteiger partial charge in [0.1, 0.15) is 0 Å². The van der Waals surface area contributed by atoms with Crippen LogP contribution in [-0.4, -0.2) is 131 Å². The van der Waals surface area contributed by atoms with Crippen LogP contribution in [0.2, 0.25) is 0 Å².